The van der Waals surface area contributed by atoms with Crippen molar-refractivity contribution in [1.82, 2.24) is 15.5 Å². The summed E-state index contributed by atoms with van der Waals surface area (Å²) in [6.07, 6.45) is 1.72. The maximum atomic E-state index is 8.41. The van der Waals surface area contributed by atoms with Gasteiger partial charge in [-0.25, -0.2) is 0 Å². The number of rotatable bonds is 7. The number of hydrogen-bond acceptors (Lipinski definition) is 4. The van der Waals surface area contributed by atoms with E-state index in [1.54, 1.807) is 6.20 Å². The van der Waals surface area contributed by atoms with Crippen LogP contribution in [0.25, 0.3) is 0 Å². The first-order chi connectivity index (χ1) is 6.43. The van der Waals surface area contributed by atoms with Gasteiger partial charge < -0.3 is 15.2 Å². The monoisotopic (exact) mass is 185 g/mol. The Morgan fingerprint density at radius 1 is 1.54 bits per heavy atom. The standard InChI is InChI=1S/C8H15N3O2/c12-4-6-13-5-3-9-7-8-1-2-10-11-8/h1-2,9,12H,3-7H2,(H,10,11). The van der Waals surface area contributed by atoms with E-state index in [0.717, 1.165) is 18.8 Å². The van der Waals surface area contributed by atoms with E-state index in [0.29, 0.717) is 13.2 Å². The van der Waals surface area contributed by atoms with Crippen molar-refractivity contribution >= 4 is 0 Å². The van der Waals surface area contributed by atoms with Crippen LogP contribution in [0.15, 0.2) is 12.3 Å². The predicted molar refractivity (Wildman–Crippen MR) is 48.2 cm³/mol. The number of aliphatic hydroxyl groups is 1. The van der Waals surface area contributed by atoms with Gasteiger partial charge >= 0.3 is 0 Å². The number of ether oxygens (including phenoxy) is 1. The van der Waals surface area contributed by atoms with Crippen LogP contribution in [-0.4, -0.2) is 41.7 Å². The summed E-state index contributed by atoms with van der Waals surface area (Å²) in [6, 6.07) is 1.92. The van der Waals surface area contributed by atoms with Gasteiger partial charge in [0.25, 0.3) is 0 Å². The SMILES string of the molecule is OCCOCCNCc1ccn[nH]1. The van der Waals surface area contributed by atoms with Crippen LogP contribution in [-0.2, 0) is 11.3 Å². The van der Waals surface area contributed by atoms with Gasteiger partial charge in [-0.3, -0.25) is 5.10 Å². The van der Waals surface area contributed by atoms with Gasteiger partial charge in [0.2, 0.25) is 0 Å². The highest BCUT2D eigenvalue weighted by Gasteiger charge is 1.92. The van der Waals surface area contributed by atoms with Crippen molar-refractivity contribution in [3.05, 3.63) is 18.0 Å². The first-order valence-corrected chi connectivity index (χ1v) is 4.31. The quantitative estimate of drug-likeness (QED) is 0.501. The van der Waals surface area contributed by atoms with Crippen molar-refractivity contribution in [2.45, 2.75) is 6.54 Å². The summed E-state index contributed by atoms with van der Waals surface area (Å²) in [5, 5.41) is 18.3. The third kappa shape index (κ3) is 4.62. The lowest BCUT2D eigenvalue weighted by Gasteiger charge is -2.03. The third-order valence-corrected chi connectivity index (χ3v) is 1.53. The Morgan fingerprint density at radius 2 is 2.46 bits per heavy atom. The van der Waals surface area contributed by atoms with Gasteiger partial charge in [0, 0.05) is 25.0 Å². The lowest BCUT2D eigenvalue weighted by atomic mass is 10.4. The molecule has 0 atom stereocenters. The van der Waals surface area contributed by atoms with Gasteiger partial charge in [-0.1, -0.05) is 0 Å². The Balaban J connectivity index is 1.90. The molecule has 5 heteroatoms. The molecular weight excluding hydrogens is 170 g/mol. The predicted octanol–water partition coefficient (Wildman–Crippen LogP) is -0.492. The molecule has 1 aromatic rings. The molecule has 0 saturated carbocycles. The number of nitrogens with zero attached hydrogens (tertiary/aromatic N) is 1. The number of aromatic amines is 1. The minimum absolute atomic E-state index is 0.0839. The molecule has 0 spiro atoms. The smallest absolute Gasteiger partial charge is 0.0698 e. The highest BCUT2D eigenvalue weighted by atomic mass is 16.5. The fraction of sp³-hybridized carbons (Fsp3) is 0.625. The highest BCUT2D eigenvalue weighted by Crippen LogP contribution is 1.88. The van der Waals surface area contributed by atoms with Gasteiger partial charge in [0.1, 0.15) is 0 Å². The molecule has 0 unspecified atom stereocenters. The van der Waals surface area contributed by atoms with Gasteiger partial charge in [-0.2, -0.15) is 5.10 Å². The van der Waals surface area contributed by atoms with Crippen LogP contribution in [0.3, 0.4) is 0 Å². The molecule has 3 N–H and O–H groups in total. The zero-order valence-electron chi connectivity index (χ0n) is 7.49. The summed E-state index contributed by atoms with van der Waals surface area (Å²) >= 11 is 0. The molecule has 1 heterocycles. The summed E-state index contributed by atoms with van der Waals surface area (Å²) in [5.41, 5.74) is 1.06. The summed E-state index contributed by atoms with van der Waals surface area (Å²) in [5.74, 6) is 0. The minimum atomic E-state index is 0.0839. The van der Waals surface area contributed by atoms with Gasteiger partial charge in [0.05, 0.1) is 19.8 Å². The summed E-state index contributed by atoms with van der Waals surface area (Å²) in [4.78, 5) is 0. The number of aliphatic hydroxyl groups excluding tert-OH is 1. The zero-order valence-corrected chi connectivity index (χ0v) is 7.49. The first-order valence-electron chi connectivity index (χ1n) is 4.31. The van der Waals surface area contributed by atoms with Crippen molar-refractivity contribution in [2.24, 2.45) is 0 Å². The van der Waals surface area contributed by atoms with Crippen LogP contribution in [0.2, 0.25) is 0 Å². The maximum absolute atomic E-state index is 8.41. The number of aromatic nitrogens is 2. The van der Waals surface area contributed by atoms with E-state index in [-0.39, 0.29) is 6.61 Å². The second kappa shape index (κ2) is 6.59. The second-order valence-electron chi connectivity index (χ2n) is 2.59. The number of hydrogen-bond donors (Lipinski definition) is 3. The molecule has 1 rings (SSSR count). The Morgan fingerprint density at radius 3 is 3.15 bits per heavy atom. The lowest BCUT2D eigenvalue weighted by molar-refractivity contribution is 0.0937. The van der Waals surface area contributed by atoms with Crippen LogP contribution >= 0.6 is 0 Å². The zero-order chi connectivity index (χ0) is 9.36. The Kier molecular flexibility index (Phi) is 5.16. The summed E-state index contributed by atoms with van der Waals surface area (Å²) < 4.78 is 5.06. The van der Waals surface area contributed by atoms with Crippen molar-refractivity contribution in [1.29, 1.82) is 0 Å². The Hall–Kier alpha value is -0.910. The molecule has 0 aliphatic heterocycles. The van der Waals surface area contributed by atoms with Crippen LogP contribution in [0.4, 0.5) is 0 Å². The first kappa shape index (κ1) is 10.2. The average Bonchev–Trinajstić information content (AvgIpc) is 2.63. The topological polar surface area (TPSA) is 70.2 Å². The van der Waals surface area contributed by atoms with E-state index in [4.69, 9.17) is 9.84 Å². The van der Waals surface area contributed by atoms with Crippen LogP contribution in [0.5, 0.6) is 0 Å². The Bertz CT molecular complexity index is 201. The van der Waals surface area contributed by atoms with Crippen molar-refractivity contribution in [3.8, 4) is 0 Å². The molecule has 74 valence electrons. The average molecular weight is 185 g/mol. The van der Waals surface area contributed by atoms with Gasteiger partial charge in [0.15, 0.2) is 0 Å². The van der Waals surface area contributed by atoms with Crippen LogP contribution < -0.4 is 5.32 Å². The molecule has 0 bridgehead atoms. The summed E-state index contributed by atoms with van der Waals surface area (Å²) in [6.45, 7) is 2.66. The lowest BCUT2D eigenvalue weighted by Crippen LogP contribution is -2.20. The van der Waals surface area contributed by atoms with E-state index in [1.807, 2.05) is 6.07 Å². The molecular formula is C8H15N3O2. The normalized spacial score (nSPS) is 10.5. The van der Waals surface area contributed by atoms with E-state index in [1.165, 1.54) is 0 Å². The minimum Gasteiger partial charge on any atom is -0.394 e. The van der Waals surface area contributed by atoms with Crippen LogP contribution in [0, 0.1) is 0 Å². The van der Waals surface area contributed by atoms with Gasteiger partial charge in [-0.05, 0) is 6.07 Å². The number of nitrogens with one attached hydrogen (secondary N) is 2. The van der Waals surface area contributed by atoms with Crippen molar-refractivity contribution < 1.29 is 9.84 Å². The Labute approximate surface area is 77.1 Å². The molecule has 0 fully saturated rings. The van der Waals surface area contributed by atoms with Crippen LogP contribution in [0.1, 0.15) is 5.69 Å². The van der Waals surface area contributed by atoms with Crippen molar-refractivity contribution in [3.63, 3.8) is 0 Å². The molecule has 0 aliphatic rings. The third-order valence-electron chi connectivity index (χ3n) is 1.53. The fourth-order valence-corrected chi connectivity index (χ4v) is 0.917. The van der Waals surface area contributed by atoms with Gasteiger partial charge in [-0.15, -0.1) is 0 Å². The maximum Gasteiger partial charge on any atom is 0.0698 e. The molecule has 0 radical (unpaired) electrons. The molecule has 13 heavy (non-hydrogen) atoms. The van der Waals surface area contributed by atoms with E-state index in [2.05, 4.69) is 15.5 Å². The van der Waals surface area contributed by atoms with E-state index >= 15 is 0 Å². The fourth-order valence-electron chi connectivity index (χ4n) is 0.917. The highest BCUT2D eigenvalue weighted by molar-refractivity contribution is 4.96. The summed E-state index contributed by atoms with van der Waals surface area (Å²) in [7, 11) is 0. The largest absolute Gasteiger partial charge is 0.394 e. The molecule has 1 aromatic heterocycles. The molecule has 0 aliphatic carbocycles. The van der Waals surface area contributed by atoms with E-state index < -0.39 is 0 Å². The molecule has 5 nitrogen and oxygen atoms in total. The molecule has 0 amide bonds. The second-order valence-corrected chi connectivity index (χ2v) is 2.59. The number of H-pyrrole nitrogens is 1. The molecule has 0 aromatic carbocycles. The van der Waals surface area contributed by atoms with Crippen molar-refractivity contribution in [2.75, 3.05) is 26.4 Å². The molecule has 0 saturated heterocycles. The van der Waals surface area contributed by atoms with E-state index in [9.17, 15) is 0 Å².